The Morgan fingerprint density at radius 3 is 3.12 bits per heavy atom. The first-order valence-corrected chi connectivity index (χ1v) is 7.00. The summed E-state index contributed by atoms with van der Waals surface area (Å²) in [5.41, 5.74) is 1.29. The van der Waals surface area contributed by atoms with E-state index in [1.807, 2.05) is 17.8 Å². The van der Waals surface area contributed by atoms with Crippen LogP contribution in [0.2, 0.25) is 0 Å². The molecular weight excluding hydrogens is 256 g/mol. The molecule has 1 aliphatic heterocycles. The first kappa shape index (κ1) is 11.1. The molecule has 1 aliphatic rings. The van der Waals surface area contributed by atoms with Gasteiger partial charge in [-0.05, 0) is 11.6 Å². The lowest BCUT2D eigenvalue weighted by atomic mass is 10.0. The first-order chi connectivity index (χ1) is 8.38. The molecule has 3 rings (SSSR count). The van der Waals surface area contributed by atoms with Crippen LogP contribution in [0.3, 0.4) is 0 Å². The van der Waals surface area contributed by atoms with Crippen LogP contribution >= 0.6 is 23.4 Å². The zero-order valence-corrected chi connectivity index (χ0v) is 10.7. The van der Waals surface area contributed by atoms with Crippen LogP contribution in [-0.4, -0.2) is 21.8 Å². The molecule has 0 aliphatic carbocycles. The van der Waals surface area contributed by atoms with Crippen molar-refractivity contribution in [2.75, 3.05) is 11.6 Å². The van der Waals surface area contributed by atoms with Gasteiger partial charge in [-0.25, -0.2) is 0 Å². The lowest BCUT2D eigenvalue weighted by Crippen LogP contribution is -1.99. The lowest BCUT2D eigenvalue weighted by molar-refractivity contribution is 0.445. The molecule has 0 bridgehead atoms. The molecule has 2 aromatic rings. The van der Waals surface area contributed by atoms with Crippen LogP contribution in [0.15, 0.2) is 33.6 Å². The van der Waals surface area contributed by atoms with Crippen molar-refractivity contribution in [3.8, 4) is 0 Å². The zero-order valence-electron chi connectivity index (χ0n) is 9.10. The topological polar surface area (TPSA) is 38.9 Å². The number of hydrogen-bond acceptors (Lipinski definition) is 4. The van der Waals surface area contributed by atoms with Crippen LogP contribution in [0.1, 0.15) is 23.3 Å². The average molecular weight is 267 g/mol. The highest BCUT2D eigenvalue weighted by Gasteiger charge is 2.28. The van der Waals surface area contributed by atoms with E-state index in [9.17, 15) is 0 Å². The maximum Gasteiger partial charge on any atom is 0.224 e. The fourth-order valence-electron chi connectivity index (χ4n) is 1.96. The highest BCUT2D eigenvalue weighted by molar-refractivity contribution is 7.99. The maximum atomic E-state index is 5.65. The molecule has 1 atom stereocenters. The summed E-state index contributed by atoms with van der Waals surface area (Å²) in [5.74, 6) is 3.05. The van der Waals surface area contributed by atoms with E-state index in [4.69, 9.17) is 16.0 Å². The van der Waals surface area contributed by atoms with Crippen LogP contribution in [0, 0.1) is 0 Å². The van der Waals surface area contributed by atoms with Crippen molar-refractivity contribution in [1.29, 1.82) is 0 Å². The molecule has 1 aromatic carbocycles. The standard InChI is InChI=1S/C12H11ClN2OS/c13-6-5-11-14-15-12(16-11)9-7-17-10-4-2-1-3-8(9)10/h1-4,9H,5-7H2. The number of hydrogen-bond donors (Lipinski definition) is 0. The molecule has 0 spiro atoms. The van der Waals surface area contributed by atoms with Gasteiger partial charge in [0.15, 0.2) is 0 Å². The van der Waals surface area contributed by atoms with Crippen LogP contribution in [-0.2, 0) is 6.42 Å². The van der Waals surface area contributed by atoms with Gasteiger partial charge in [0.05, 0.1) is 5.92 Å². The van der Waals surface area contributed by atoms with Crippen molar-refractivity contribution in [2.45, 2.75) is 17.2 Å². The summed E-state index contributed by atoms with van der Waals surface area (Å²) < 4.78 is 5.64. The minimum atomic E-state index is 0.229. The van der Waals surface area contributed by atoms with Crippen molar-refractivity contribution in [3.63, 3.8) is 0 Å². The van der Waals surface area contributed by atoms with E-state index in [1.165, 1.54) is 10.5 Å². The van der Waals surface area contributed by atoms with Gasteiger partial charge in [0.25, 0.3) is 0 Å². The molecule has 3 nitrogen and oxygen atoms in total. The normalized spacial score (nSPS) is 18.3. The van der Waals surface area contributed by atoms with Gasteiger partial charge in [0, 0.05) is 22.9 Å². The van der Waals surface area contributed by atoms with E-state index in [0.29, 0.717) is 24.1 Å². The lowest BCUT2D eigenvalue weighted by Gasteiger charge is -2.04. The van der Waals surface area contributed by atoms with Gasteiger partial charge in [0.2, 0.25) is 11.8 Å². The minimum Gasteiger partial charge on any atom is -0.425 e. The highest BCUT2D eigenvalue weighted by atomic mass is 35.5. The Balaban J connectivity index is 1.90. The van der Waals surface area contributed by atoms with E-state index in [1.54, 1.807) is 0 Å². The zero-order chi connectivity index (χ0) is 11.7. The summed E-state index contributed by atoms with van der Waals surface area (Å²) in [6, 6.07) is 8.37. The fraction of sp³-hybridized carbons (Fsp3) is 0.333. The van der Waals surface area contributed by atoms with E-state index in [2.05, 4.69) is 28.4 Å². The number of thioether (sulfide) groups is 1. The summed E-state index contributed by atoms with van der Waals surface area (Å²) in [6.07, 6.45) is 0.635. The maximum absolute atomic E-state index is 5.65. The summed E-state index contributed by atoms with van der Waals surface area (Å²) in [4.78, 5) is 1.31. The SMILES string of the molecule is ClCCc1nnc(C2CSc3ccccc32)o1. The Bertz CT molecular complexity index is 529. The van der Waals surface area contributed by atoms with Crippen LogP contribution < -0.4 is 0 Å². The second-order valence-corrected chi connectivity index (χ2v) is 5.31. The molecule has 0 saturated carbocycles. The number of rotatable bonds is 3. The third kappa shape index (κ3) is 2.07. The molecule has 0 saturated heterocycles. The number of aromatic nitrogens is 2. The quantitative estimate of drug-likeness (QED) is 0.801. The number of alkyl halides is 1. The Morgan fingerprint density at radius 2 is 2.24 bits per heavy atom. The van der Waals surface area contributed by atoms with Crippen molar-refractivity contribution < 1.29 is 4.42 Å². The van der Waals surface area contributed by atoms with Gasteiger partial charge in [-0.1, -0.05) is 18.2 Å². The molecule has 0 fully saturated rings. The van der Waals surface area contributed by atoms with Gasteiger partial charge >= 0.3 is 0 Å². The Labute approximate surface area is 109 Å². The monoisotopic (exact) mass is 266 g/mol. The second kappa shape index (κ2) is 4.70. The predicted molar refractivity (Wildman–Crippen MR) is 67.7 cm³/mol. The third-order valence-electron chi connectivity index (χ3n) is 2.79. The Hall–Kier alpha value is -1.00. The smallest absolute Gasteiger partial charge is 0.224 e. The van der Waals surface area contributed by atoms with Gasteiger partial charge in [-0.2, -0.15) is 0 Å². The fourth-order valence-corrected chi connectivity index (χ4v) is 3.34. The first-order valence-electron chi connectivity index (χ1n) is 5.48. The molecule has 17 heavy (non-hydrogen) atoms. The summed E-state index contributed by atoms with van der Waals surface area (Å²) in [7, 11) is 0. The molecule has 0 N–H and O–H groups in total. The van der Waals surface area contributed by atoms with Crippen molar-refractivity contribution >= 4 is 23.4 Å². The van der Waals surface area contributed by atoms with Crippen LogP contribution in [0.4, 0.5) is 0 Å². The predicted octanol–water partition coefficient (Wildman–Crippen LogP) is 3.09. The summed E-state index contributed by atoms with van der Waals surface area (Å²) in [6.45, 7) is 0. The molecule has 2 heterocycles. The molecule has 88 valence electrons. The van der Waals surface area contributed by atoms with E-state index >= 15 is 0 Å². The van der Waals surface area contributed by atoms with Gasteiger partial charge in [0.1, 0.15) is 0 Å². The minimum absolute atomic E-state index is 0.229. The van der Waals surface area contributed by atoms with Crippen molar-refractivity contribution in [3.05, 3.63) is 41.6 Å². The Morgan fingerprint density at radius 1 is 1.35 bits per heavy atom. The summed E-state index contributed by atoms with van der Waals surface area (Å²) in [5, 5.41) is 8.14. The molecule has 5 heteroatoms. The number of halogens is 1. The Kier molecular flexibility index (Phi) is 3.07. The van der Waals surface area contributed by atoms with E-state index in [-0.39, 0.29) is 5.92 Å². The number of fused-ring (bicyclic) bond motifs is 1. The number of benzene rings is 1. The van der Waals surface area contributed by atoms with Crippen LogP contribution in [0.25, 0.3) is 0 Å². The van der Waals surface area contributed by atoms with Gasteiger partial charge in [-0.15, -0.1) is 33.6 Å². The molecule has 0 radical (unpaired) electrons. The van der Waals surface area contributed by atoms with Crippen molar-refractivity contribution in [1.82, 2.24) is 10.2 Å². The molecule has 1 aromatic heterocycles. The average Bonchev–Trinajstić information content (AvgIpc) is 2.95. The number of nitrogens with zero attached hydrogens (tertiary/aromatic N) is 2. The molecular formula is C12H11ClN2OS. The summed E-state index contributed by atoms with van der Waals surface area (Å²) >= 11 is 7.49. The molecule has 0 amide bonds. The largest absolute Gasteiger partial charge is 0.425 e. The van der Waals surface area contributed by atoms with Gasteiger partial charge < -0.3 is 4.42 Å². The van der Waals surface area contributed by atoms with Crippen molar-refractivity contribution in [2.24, 2.45) is 0 Å². The third-order valence-corrected chi connectivity index (χ3v) is 4.16. The number of aryl methyl sites for hydroxylation is 1. The van der Waals surface area contributed by atoms with E-state index in [0.717, 1.165) is 5.75 Å². The highest BCUT2D eigenvalue weighted by Crippen LogP contribution is 2.42. The van der Waals surface area contributed by atoms with Gasteiger partial charge in [-0.3, -0.25) is 0 Å². The van der Waals surface area contributed by atoms with Crippen LogP contribution in [0.5, 0.6) is 0 Å². The second-order valence-electron chi connectivity index (χ2n) is 3.87. The molecule has 1 unspecified atom stereocenters. The van der Waals surface area contributed by atoms with E-state index < -0.39 is 0 Å².